The quantitative estimate of drug-likeness (QED) is 0.0311. The SMILES string of the molecule is C=C(/C=c1/c(N)ccc/c1=C/C(CC)C/C=C\c1cc(OCCOCCC(C)CCCOc2ccc(CCN3CCC(CCC)C(C)(C)C3)cc2)ncc1C)CCC.CCCC.CCCC(=O)C(NC(O)CC)C1CCCCC1. The lowest BCUT2D eigenvalue weighted by atomic mass is 9.72. The van der Waals surface area contributed by atoms with Gasteiger partial charge in [-0.15, -0.1) is 0 Å². The molecule has 2 fully saturated rings. The molecule has 2 aromatic carbocycles. The Balaban J connectivity index is 0.000000652. The summed E-state index contributed by atoms with van der Waals surface area (Å²) in [6.45, 7) is 34.7. The predicted octanol–water partition coefficient (Wildman–Crippen LogP) is 15.4. The van der Waals surface area contributed by atoms with E-state index in [9.17, 15) is 9.90 Å². The Morgan fingerprint density at radius 1 is 0.886 bits per heavy atom. The highest BCUT2D eigenvalue weighted by molar-refractivity contribution is 5.84. The maximum Gasteiger partial charge on any atom is 0.213 e. The number of piperidine rings is 1. The van der Waals surface area contributed by atoms with Gasteiger partial charge >= 0.3 is 0 Å². The van der Waals surface area contributed by atoms with Gasteiger partial charge in [-0.3, -0.25) is 10.1 Å². The molecular weight excluding hydrogens is 977 g/mol. The minimum atomic E-state index is -0.539. The molecule has 0 spiro atoms. The molecule has 1 saturated carbocycles. The number of hydrogen-bond donors (Lipinski definition) is 3. The number of hydrogen-bond acceptors (Lipinski definition) is 9. The molecule has 9 nitrogen and oxygen atoms in total. The Labute approximate surface area is 482 Å². The molecule has 0 amide bonds. The number of nitrogen functional groups attached to an aromatic ring is 1. The second kappa shape index (κ2) is 40.0. The van der Waals surface area contributed by atoms with Crippen molar-refractivity contribution in [1.29, 1.82) is 0 Å². The van der Waals surface area contributed by atoms with Crippen LogP contribution in [0.3, 0.4) is 0 Å². The predicted molar refractivity (Wildman–Crippen MR) is 338 cm³/mol. The number of aliphatic hydroxyl groups is 1. The van der Waals surface area contributed by atoms with Crippen LogP contribution in [0, 0.1) is 36.0 Å². The molecule has 2 heterocycles. The molecular formula is C70H114N4O5. The minimum Gasteiger partial charge on any atom is -0.494 e. The molecule has 9 heteroatoms. The highest BCUT2D eigenvalue weighted by Gasteiger charge is 2.35. The number of rotatable bonds is 33. The molecule has 2 aliphatic rings. The monoisotopic (exact) mass is 1090 g/mol. The fraction of sp³-hybridized carbons (Fsp3) is 0.657. The van der Waals surface area contributed by atoms with E-state index in [1.54, 1.807) is 0 Å². The molecule has 0 radical (unpaired) electrons. The number of ether oxygens (including phenoxy) is 3. The minimum absolute atomic E-state index is 0.120. The first-order chi connectivity index (χ1) is 38.1. The molecule has 5 unspecified atom stereocenters. The molecule has 3 aromatic rings. The van der Waals surface area contributed by atoms with Crippen LogP contribution < -0.4 is 31.0 Å². The van der Waals surface area contributed by atoms with E-state index in [1.165, 1.54) is 75.2 Å². The van der Waals surface area contributed by atoms with Crippen LogP contribution in [0.15, 0.2) is 73.0 Å². The standard InChI is InChI=1S/C52H77N3O3.C14H27NO2.C4H10/c1-9-15-41(5)35-49-46(20-13-21-50(49)53)36-43(11-3)18-12-19-45-37-51(54-38-42(45)6)58-34-33-56-32-28-40(4)17-14-31-57-48-24-22-44(23-25-48)26-29-55-30-27-47(16-10-2)52(7,8)39-55;1-3-8-12(16)14(15-13(17)4-2)11-9-6-5-7-10-11;1-3-4-2/h12-13,19-25,35-38,40,43,47H,5,9-11,14-18,26-34,39,53H2,1-4,6-8H3;11,13-15,17H,3-10H2,1-2H3;3-4H2,1-2H3/b19-12-,46-36-,49-35+;;. The van der Waals surface area contributed by atoms with Crippen molar-refractivity contribution in [3.8, 4) is 11.6 Å². The summed E-state index contributed by atoms with van der Waals surface area (Å²) >= 11 is 0. The highest BCUT2D eigenvalue weighted by atomic mass is 16.5. The van der Waals surface area contributed by atoms with Gasteiger partial charge < -0.3 is 30.0 Å². The third-order valence-electron chi connectivity index (χ3n) is 16.3. The van der Waals surface area contributed by atoms with Crippen molar-refractivity contribution in [1.82, 2.24) is 15.2 Å². The number of aromatic nitrogens is 1. The molecule has 444 valence electrons. The first kappa shape index (κ1) is 69.0. The Morgan fingerprint density at radius 2 is 1.62 bits per heavy atom. The number of anilines is 1. The Kier molecular flexibility index (Phi) is 34.9. The van der Waals surface area contributed by atoms with Gasteiger partial charge in [-0.1, -0.05) is 175 Å². The van der Waals surface area contributed by atoms with Crippen molar-refractivity contribution in [3.05, 3.63) is 100 Å². The average molecular weight is 1090 g/mol. The van der Waals surface area contributed by atoms with Crippen LogP contribution in [0.1, 0.15) is 214 Å². The van der Waals surface area contributed by atoms with E-state index in [0.717, 1.165) is 130 Å². The number of aryl methyl sites for hydroxylation is 1. The lowest BCUT2D eigenvalue weighted by molar-refractivity contribution is -0.124. The summed E-state index contributed by atoms with van der Waals surface area (Å²) in [7, 11) is 0. The van der Waals surface area contributed by atoms with Crippen LogP contribution in [0.4, 0.5) is 5.69 Å². The Bertz CT molecular complexity index is 2270. The van der Waals surface area contributed by atoms with Crippen molar-refractivity contribution >= 4 is 29.7 Å². The van der Waals surface area contributed by atoms with Crippen LogP contribution in [0.5, 0.6) is 11.6 Å². The average Bonchev–Trinajstić information content (AvgIpc) is 3.47. The van der Waals surface area contributed by atoms with Gasteiger partial charge in [0.1, 0.15) is 24.4 Å². The lowest BCUT2D eigenvalue weighted by Gasteiger charge is -2.44. The number of carbonyl (C=O) groups is 1. The Hall–Kier alpha value is -4.28. The molecule has 1 aliphatic heterocycles. The van der Waals surface area contributed by atoms with Gasteiger partial charge in [0.05, 0.1) is 19.3 Å². The van der Waals surface area contributed by atoms with Gasteiger partial charge in [-0.25, -0.2) is 4.98 Å². The summed E-state index contributed by atoms with van der Waals surface area (Å²) in [4.78, 5) is 19.3. The molecule has 1 aliphatic carbocycles. The number of allylic oxidation sites excluding steroid dienone is 2. The summed E-state index contributed by atoms with van der Waals surface area (Å²) in [5.74, 6) is 4.16. The third kappa shape index (κ3) is 27.4. The van der Waals surface area contributed by atoms with Crippen LogP contribution in [-0.2, 0) is 16.0 Å². The summed E-state index contributed by atoms with van der Waals surface area (Å²) in [5.41, 5.74) is 12.4. The van der Waals surface area contributed by atoms with E-state index in [2.05, 4.69) is 139 Å². The van der Waals surface area contributed by atoms with Gasteiger partial charge in [0, 0.05) is 49.3 Å². The fourth-order valence-electron chi connectivity index (χ4n) is 10.9. The summed E-state index contributed by atoms with van der Waals surface area (Å²) < 4.78 is 18.0. The van der Waals surface area contributed by atoms with Crippen molar-refractivity contribution in [2.24, 2.45) is 29.1 Å². The van der Waals surface area contributed by atoms with Crippen LogP contribution in [0.2, 0.25) is 0 Å². The van der Waals surface area contributed by atoms with Crippen molar-refractivity contribution < 1.29 is 24.1 Å². The van der Waals surface area contributed by atoms with Gasteiger partial charge in [0.25, 0.3) is 0 Å². The maximum atomic E-state index is 12.1. The first-order valence-electron chi connectivity index (χ1n) is 31.6. The number of likely N-dealkylation sites (tertiary alicyclic amines) is 1. The number of Topliss-reactive ketones (excluding diaryl/α,β-unsaturated/α-hetero) is 1. The second-order valence-electron chi connectivity index (χ2n) is 23.7. The molecule has 4 N–H and O–H groups in total. The zero-order valence-corrected chi connectivity index (χ0v) is 52.0. The van der Waals surface area contributed by atoms with Gasteiger partial charge in [0.15, 0.2) is 0 Å². The zero-order valence-electron chi connectivity index (χ0n) is 52.0. The Morgan fingerprint density at radius 3 is 2.28 bits per heavy atom. The number of nitrogens with two attached hydrogens (primary N) is 1. The smallest absolute Gasteiger partial charge is 0.213 e. The molecule has 5 atom stereocenters. The van der Waals surface area contributed by atoms with Crippen molar-refractivity contribution in [2.45, 2.75) is 223 Å². The highest BCUT2D eigenvalue weighted by Crippen LogP contribution is 2.38. The van der Waals surface area contributed by atoms with Crippen LogP contribution in [-0.4, -0.2) is 79.1 Å². The number of benzene rings is 2. The molecule has 1 saturated heterocycles. The largest absolute Gasteiger partial charge is 0.494 e. The topological polar surface area (TPSA) is 119 Å². The summed E-state index contributed by atoms with van der Waals surface area (Å²) in [6, 6.07) is 16.8. The van der Waals surface area contributed by atoms with E-state index in [0.29, 0.717) is 55.1 Å². The van der Waals surface area contributed by atoms with Gasteiger partial charge in [-0.05, 0) is 166 Å². The summed E-state index contributed by atoms with van der Waals surface area (Å²) in [6.07, 6.45) is 33.4. The van der Waals surface area contributed by atoms with E-state index in [4.69, 9.17) is 19.9 Å². The third-order valence-corrected chi connectivity index (χ3v) is 16.3. The van der Waals surface area contributed by atoms with E-state index in [-0.39, 0.29) is 11.8 Å². The molecule has 5 rings (SSSR count). The number of ketones is 1. The van der Waals surface area contributed by atoms with Gasteiger partial charge in [-0.2, -0.15) is 0 Å². The zero-order chi connectivity index (χ0) is 57.8. The number of unbranched alkanes of at least 4 members (excludes halogenated alkanes) is 1. The van der Waals surface area contributed by atoms with E-state index in [1.807, 2.05) is 38.2 Å². The lowest BCUT2D eigenvalue weighted by Crippen LogP contribution is -2.48. The van der Waals surface area contributed by atoms with Crippen LogP contribution >= 0.6 is 0 Å². The van der Waals surface area contributed by atoms with E-state index < -0.39 is 6.23 Å². The number of nitrogens with zero attached hydrogens (tertiary/aromatic N) is 2. The molecule has 0 bridgehead atoms. The van der Waals surface area contributed by atoms with Gasteiger partial charge in [0.2, 0.25) is 5.88 Å². The number of carbonyl (C=O) groups excluding carboxylic acids is 1. The van der Waals surface area contributed by atoms with Crippen molar-refractivity contribution in [2.75, 3.05) is 51.8 Å². The van der Waals surface area contributed by atoms with E-state index >= 15 is 0 Å². The number of aliphatic hydroxyl groups excluding tert-OH is 1. The van der Waals surface area contributed by atoms with Crippen LogP contribution in [0.25, 0.3) is 18.2 Å². The normalized spacial score (nSPS) is 17.7. The summed E-state index contributed by atoms with van der Waals surface area (Å²) in [5, 5.41) is 15.1. The van der Waals surface area contributed by atoms with Crippen molar-refractivity contribution in [3.63, 3.8) is 0 Å². The fourth-order valence-corrected chi connectivity index (χ4v) is 10.9. The molecule has 79 heavy (non-hydrogen) atoms. The molecule has 1 aromatic heterocycles. The maximum absolute atomic E-state index is 12.1. The first-order valence-corrected chi connectivity index (χ1v) is 31.6. The number of pyridine rings is 1. The second-order valence-corrected chi connectivity index (χ2v) is 23.7. The number of nitrogens with one attached hydrogen (secondary N) is 1.